The smallest absolute Gasteiger partial charge is 0.413 e. The van der Waals surface area contributed by atoms with Gasteiger partial charge in [0.2, 0.25) is 5.60 Å². The SMILES string of the molecule is CC(=O)OC1(Cc2ccccc2)C(=O)N(C)C(=O)N(c2ccccc2)C1=O.CN1C(=O)N(c2ccccc2)C(=O)C(Cc2ccccc2)(OC(=O)c2ccccc2)C1=O.O=C(Nc1ccccc1)OC1(Cc2ccccc2)C(=O)N(Cc2ccccc2)C(=O)N(c2ccccc2)C1=O.O=C1N(C2CCCCC2)C(=O)C(O)(c2ccccc2)C(=O)N1C1CCCCC1.O=C1NC(=O)C(S)(Cc2ccccc2)C(=O)N1. The summed E-state index contributed by atoms with van der Waals surface area (Å²) in [6, 6.07) is 89.6. The molecule has 3 unspecified atom stereocenters. The second kappa shape index (κ2) is 45.3. The Kier molecular flexibility index (Phi) is 32.3. The number of imide groups is 10. The molecule has 0 aromatic heterocycles. The van der Waals surface area contributed by atoms with Crippen LogP contribution in [-0.2, 0) is 105 Å². The molecule has 5 aliphatic heterocycles. The molecule has 4 N–H and O–H groups in total. The van der Waals surface area contributed by atoms with Crippen LogP contribution in [0.5, 0.6) is 0 Å². The number of urea groups is 5. The topological polar surface area (TPSA) is 417 Å². The van der Waals surface area contributed by atoms with Gasteiger partial charge in [-0.1, -0.05) is 312 Å². The summed E-state index contributed by atoms with van der Waals surface area (Å²) in [6.45, 7) is 1.01. The molecule has 11 aromatic rings. The summed E-state index contributed by atoms with van der Waals surface area (Å²) >= 11 is 4.12. The number of thiol groups is 1. The summed E-state index contributed by atoms with van der Waals surface area (Å²) in [5.41, 5.74) is -4.15. The van der Waals surface area contributed by atoms with E-state index in [1.54, 1.807) is 309 Å². The lowest BCUT2D eigenvalue weighted by atomic mass is 9.84. The highest BCUT2D eigenvalue weighted by atomic mass is 32.1. The number of benzene rings is 11. The van der Waals surface area contributed by atoms with Gasteiger partial charge in [-0.15, -0.1) is 0 Å². The molecule has 5 saturated heterocycles. The first kappa shape index (κ1) is 102. The largest absolute Gasteiger partial charge is 0.438 e. The van der Waals surface area contributed by atoms with Crippen LogP contribution in [0.15, 0.2) is 334 Å². The Morgan fingerprint density at radius 1 is 0.350 bits per heavy atom. The highest BCUT2D eigenvalue weighted by Gasteiger charge is 2.65. The van der Waals surface area contributed by atoms with Gasteiger partial charge in [0, 0.05) is 70.0 Å². The molecule has 33 nitrogen and oxygen atoms in total. The zero-order chi connectivity index (χ0) is 102. The summed E-state index contributed by atoms with van der Waals surface area (Å²) in [5.74, 6) is -10.0. The van der Waals surface area contributed by atoms with Gasteiger partial charge in [-0.25, -0.2) is 48.3 Å². The number of ether oxygens (including phenoxy) is 3. The Bertz CT molecular complexity index is 6510. The quantitative estimate of drug-likeness (QED) is 0.0193. The Balaban J connectivity index is 0.000000145. The van der Waals surface area contributed by atoms with Gasteiger partial charge in [0.05, 0.1) is 29.2 Å². The number of barbiturate groups is 5. The lowest BCUT2D eigenvalue weighted by Gasteiger charge is -2.47. The molecule has 0 radical (unpaired) electrons. The first-order valence-electron chi connectivity index (χ1n) is 46.2. The number of anilines is 4. The minimum Gasteiger partial charge on any atom is -0.438 e. The maximum Gasteiger partial charge on any atom is 0.413 e. The number of carbonyl (C=O) groups excluding carboxylic acids is 18. The summed E-state index contributed by atoms with van der Waals surface area (Å²) in [7, 11) is 2.53. The van der Waals surface area contributed by atoms with E-state index in [0.29, 0.717) is 27.9 Å². The monoisotopic (exact) mass is 1950 g/mol. The standard InChI is InChI=1S/C31H25N3O5.C25H20N2O5.C22H28N2O4.C20H18N2O5.C11H10N2O3S/c35-27-31(21-23-13-5-1-6-14-23,39-29(37)32-25-17-9-3-10-18-25)28(36)34(26-19-11-4-12-20-26)30(38)33(27)22-24-15-7-2-8-16-24;1-26-22(29)25(17-18-11-5-2-6-12-18,32-21(28)19-13-7-3-8-14-19)23(30)27(24(26)31)20-15-9-4-10-16-20;25-19-22(28,16-10-4-1-5-11-16)20(26)24(18-14-8-3-9-15-18)21(27)23(19)17-12-6-2-7-13-17;1-14(23)27-20(13-15-9-5-3-6-10-15)17(24)21(2)19(26)22(18(20)25)16-11-7-4-8-12-16;14-8-11(17,9(15)13-10(16)12-8)6-7-4-2-1-3-5-7/h1-20H,21-22H2,(H,32,37);2-16H,17H2,1H3;1,4-5,10-11,17-18,28H,2-3,6-9,12-15H2;3-12H,13H2,1-2H3;1-5,17H,6H2,(H2,12,13,14,15,16). The molecular formula is C109H101N11O22S. The molecule has 21 amide bonds. The van der Waals surface area contributed by atoms with Crippen molar-refractivity contribution in [1.82, 2.24) is 35.1 Å². The second-order valence-electron chi connectivity index (χ2n) is 34.6. The lowest BCUT2D eigenvalue weighted by Crippen LogP contribution is -2.71. The van der Waals surface area contributed by atoms with Crippen molar-refractivity contribution >= 4 is 143 Å². The minimum atomic E-state index is -2.35. The van der Waals surface area contributed by atoms with Gasteiger partial charge in [0.25, 0.3) is 75.9 Å². The number of hydrogen-bond acceptors (Lipinski definition) is 23. The molecule has 143 heavy (non-hydrogen) atoms. The van der Waals surface area contributed by atoms with Crippen LogP contribution in [0.1, 0.15) is 115 Å². The highest BCUT2D eigenvalue weighted by Crippen LogP contribution is 2.42. The van der Waals surface area contributed by atoms with Crippen molar-refractivity contribution in [2.45, 2.75) is 143 Å². The van der Waals surface area contributed by atoms with Crippen LogP contribution in [0.4, 0.5) is 51.5 Å². The van der Waals surface area contributed by atoms with Crippen LogP contribution in [0.25, 0.3) is 0 Å². The molecule has 3 atom stereocenters. The van der Waals surface area contributed by atoms with Crippen LogP contribution in [0.3, 0.4) is 0 Å². The molecule has 7 aliphatic rings. The maximum absolute atomic E-state index is 14.2. The number of para-hydroxylation sites is 4. The third-order valence-electron chi connectivity index (χ3n) is 25.0. The number of amides is 21. The zero-order valence-corrected chi connectivity index (χ0v) is 79.0. The van der Waals surface area contributed by atoms with Crippen LogP contribution in [-0.4, -0.2) is 185 Å². The third kappa shape index (κ3) is 22.2. The fourth-order valence-corrected chi connectivity index (χ4v) is 18.0. The number of hydrogen-bond donors (Lipinski definition) is 5. The molecule has 34 heteroatoms. The Hall–Kier alpha value is -17.0. The fourth-order valence-electron chi connectivity index (χ4n) is 17.7. The van der Waals surface area contributed by atoms with Crippen molar-refractivity contribution < 1.29 is 106 Å². The molecular weight excluding hydrogens is 1850 g/mol. The summed E-state index contributed by atoms with van der Waals surface area (Å²) < 4.78 is 15.2. The molecule has 18 rings (SSSR count). The number of nitrogens with zero attached hydrogens (tertiary/aromatic N) is 8. The number of rotatable bonds is 21. The van der Waals surface area contributed by atoms with Crippen LogP contribution >= 0.6 is 12.6 Å². The van der Waals surface area contributed by atoms with E-state index in [9.17, 15) is 91.4 Å². The molecule has 730 valence electrons. The number of nitrogens with one attached hydrogen (secondary N) is 3. The van der Waals surface area contributed by atoms with Crippen molar-refractivity contribution in [3.05, 3.63) is 373 Å². The first-order chi connectivity index (χ1) is 68.8. The van der Waals surface area contributed by atoms with Crippen molar-refractivity contribution in [2.24, 2.45) is 0 Å². The first-order valence-corrected chi connectivity index (χ1v) is 46.6. The van der Waals surface area contributed by atoms with E-state index in [1.165, 1.54) is 36.0 Å². The van der Waals surface area contributed by atoms with E-state index < -0.39 is 134 Å². The normalized spacial score (nSPS) is 19.7. The van der Waals surface area contributed by atoms with Gasteiger partial charge in [-0.05, 0) is 114 Å². The molecule has 2 aliphatic carbocycles. The molecule has 7 fully saturated rings. The number of esters is 2. The number of aliphatic hydroxyl groups is 1. The van der Waals surface area contributed by atoms with E-state index in [-0.39, 0.29) is 72.5 Å². The molecule has 11 aromatic carbocycles. The fraction of sp³-hybridized carbons (Fsp3) is 0.229. The highest BCUT2D eigenvalue weighted by molar-refractivity contribution is 7.83. The Morgan fingerprint density at radius 2 is 0.657 bits per heavy atom. The van der Waals surface area contributed by atoms with Crippen LogP contribution in [0.2, 0.25) is 0 Å². The van der Waals surface area contributed by atoms with Gasteiger partial charge in [0.15, 0.2) is 4.75 Å². The van der Waals surface area contributed by atoms with Crippen molar-refractivity contribution in [2.75, 3.05) is 34.1 Å². The van der Waals surface area contributed by atoms with Crippen molar-refractivity contribution in [1.29, 1.82) is 0 Å². The van der Waals surface area contributed by atoms with Crippen LogP contribution < -0.4 is 30.7 Å². The number of likely N-dealkylation sites (N-methyl/N-ethyl adjacent to an activating group) is 2. The van der Waals surface area contributed by atoms with Crippen molar-refractivity contribution in [3.63, 3.8) is 0 Å². The molecule has 2 saturated carbocycles. The minimum absolute atomic E-state index is 0.116. The van der Waals surface area contributed by atoms with Gasteiger partial charge in [-0.3, -0.25) is 93.2 Å². The van der Waals surface area contributed by atoms with E-state index in [0.717, 1.165) is 106 Å². The predicted octanol–water partition coefficient (Wildman–Crippen LogP) is 14.6. The third-order valence-corrected chi connectivity index (χ3v) is 25.5. The summed E-state index contributed by atoms with van der Waals surface area (Å²) in [5, 5.41) is 18.1. The van der Waals surface area contributed by atoms with Gasteiger partial charge in [0.1, 0.15) is 0 Å². The maximum atomic E-state index is 14.2. The lowest BCUT2D eigenvalue weighted by molar-refractivity contribution is -0.177. The second-order valence-corrected chi connectivity index (χ2v) is 35.4. The van der Waals surface area contributed by atoms with E-state index >= 15 is 0 Å². The van der Waals surface area contributed by atoms with Crippen molar-refractivity contribution in [3.8, 4) is 0 Å². The zero-order valence-electron chi connectivity index (χ0n) is 78.1. The van der Waals surface area contributed by atoms with Gasteiger partial charge < -0.3 is 19.3 Å². The van der Waals surface area contributed by atoms with E-state index in [4.69, 9.17) is 14.2 Å². The molecule has 5 heterocycles. The van der Waals surface area contributed by atoms with Crippen LogP contribution in [0, 0.1) is 0 Å². The average molecular weight is 1950 g/mol. The average Bonchev–Trinajstić information content (AvgIpc) is 0.739. The van der Waals surface area contributed by atoms with E-state index in [2.05, 4.69) is 17.9 Å². The Morgan fingerprint density at radius 3 is 1.02 bits per heavy atom. The van der Waals surface area contributed by atoms with Gasteiger partial charge >= 0.3 is 48.2 Å². The summed E-state index contributed by atoms with van der Waals surface area (Å²) in [6.07, 6.45) is 7.35. The molecule has 0 bridgehead atoms. The molecule has 0 spiro atoms. The summed E-state index contributed by atoms with van der Waals surface area (Å²) in [4.78, 5) is 241. The Labute approximate surface area is 828 Å². The van der Waals surface area contributed by atoms with E-state index in [1.807, 2.05) is 22.8 Å². The predicted molar refractivity (Wildman–Crippen MR) is 526 cm³/mol. The van der Waals surface area contributed by atoms with Gasteiger partial charge in [-0.2, -0.15) is 12.6 Å². The number of carbonyl (C=O) groups is 18.